The van der Waals surface area contributed by atoms with Crippen molar-refractivity contribution in [1.82, 2.24) is 4.90 Å². The van der Waals surface area contributed by atoms with Crippen LogP contribution in [-0.2, 0) is 9.63 Å². The number of ether oxygens (including phenoxy) is 1. The zero-order valence-electron chi connectivity index (χ0n) is 13.8. The molecule has 1 amide bonds. The molecule has 0 bridgehead atoms. The molecule has 1 unspecified atom stereocenters. The highest BCUT2D eigenvalue weighted by Gasteiger charge is 2.34. The Balaban J connectivity index is 1.65. The minimum absolute atomic E-state index is 0.0329. The highest BCUT2D eigenvalue weighted by molar-refractivity contribution is 6.05. The molecule has 124 valence electrons. The number of methoxy groups -OCH3 is 1. The van der Waals surface area contributed by atoms with Crippen LogP contribution in [-0.4, -0.2) is 42.8 Å². The lowest BCUT2D eigenvalue weighted by Crippen LogP contribution is -2.43. The van der Waals surface area contributed by atoms with Crippen molar-refractivity contribution in [2.24, 2.45) is 5.16 Å². The summed E-state index contributed by atoms with van der Waals surface area (Å²) in [4.78, 5) is 20.0. The van der Waals surface area contributed by atoms with E-state index in [2.05, 4.69) is 5.16 Å². The quantitative estimate of drug-likeness (QED) is 0.858. The number of benzene rings is 1. The molecular weight excluding hydrogens is 292 g/mol. The average Bonchev–Trinajstić information content (AvgIpc) is 3.11. The van der Waals surface area contributed by atoms with E-state index in [0.717, 1.165) is 29.9 Å². The van der Waals surface area contributed by atoms with Crippen LogP contribution in [0.4, 0.5) is 0 Å². The zero-order valence-corrected chi connectivity index (χ0v) is 13.8. The van der Waals surface area contributed by atoms with E-state index in [1.165, 1.54) is 19.3 Å². The molecule has 0 aromatic heterocycles. The van der Waals surface area contributed by atoms with Crippen LogP contribution in [0.5, 0.6) is 5.75 Å². The molecule has 3 rings (SSSR count). The first-order valence-electron chi connectivity index (χ1n) is 8.33. The van der Waals surface area contributed by atoms with E-state index >= 15 is 0 Å². The van der Waals surface area contributed by atoms with Crippen LogP contribution in [0.1, 0.15) is 44.1 Å². The van der Waals surface area contributed by atoms with Gasteiger partial charge in [-0.05, 0) is 25.0 Å². The van der Waals surface area contributed by atoms with Gasteiger partial charge in [-0.2, -0.15) is 0 Å². The van der Waals surface area contributed by atoms with Crippen LogP contribution in [0.2, 0.25) is 0 Å². The number of rotatable bonds is 4. The molecule has 2 aliphatic rings. The predicted octanol–water partition coefficient (Wildman–Crippen LogP) is 2.98. The largest absolute Gasteiger partial charge is 0.496 e. The number of hydrogen-bond donors (Lipinski definition) is 0. The number of para-hydroxylation sites is 1. The van der Waals surface area contributed by atoms with Crippen LogP contribution >= 0.6 is 0 Å². The van der Waals surface area contributed by atoms with Gasteiger partial charge in [0.1, 0.15) is 5.75 Å². The third kappa shape index (κ3) is 3.33. The van der Waals surface area contributed by atoms with Crippen molar-refractivity contribution in [3.8, 4) is 5.75 Å². The molecule has 1 atom stereocenters. The molecule has 23 heavy (non-hydrogen) atoms. The lowest BCUT2D eigenvalue weighted by molar-refractivity contribution is -0.143. The fraction of sp³-hybridized carbons (Fsp3) is 0.556. The maximum absolute atomic E-state index is 12.7. The molecule has 1 aromatic rings. The van der Waals surface area contributed by atoms with Crippen LogP contribution in [0.3, 0.4) is 0 Å². The van der Waals surface area contributed by atoms with Gasteiger partial charge in [0.05, 0.1) is 12.8 Å². The summed E-state index contributed by atoms with van der Waals surface area (Å²) < 4.78 is 5.36. The van der Waals surface area contributed by atoms with Gasteiger partial charge in [-0.1, -0.05) is 36.6 Å². The Morgan fingerprint density at radius 1 is 1.26 bits per heavy atom. The molecule has 1 saturated carbocycles. The summed E-state index contributed by atoms with van der Waals surface area (Å²) in [6, 6.07) is 8.03. The number of amides is 1. The number of nitrogens with zero attached hydrogens (tertiary/aromatic N) is 2. The smallest absolute Gasteiger partial charge is 0.266 e. The Bertz CT molecular complexity index is 594. The van der Waals surface area contributed by atoms with Crippen LogP contribution < -0.4 is 4.74 Å². The lowest BCUT2D eigenvalue weighted by atomic mass is 9.94. The molecule has 1 aromatic carbocycles. The van der Waals surface area contributed by atoms with E-state index in [9.17, 15) is 4.79 Å². The summed E-state index contributed by atoms with van der Waals surface area (Å²) >= 11 is 0. The van der Waals surface area contributed by atoms with E-state index < -0.39 is 6.10 Å². The molecule has 5 heteroatoms. The van der Waals surface area contributed by atoms with E-state index in [1.54, 1.807) is 7.11 Å². The molecule has 1 aliphatic heterocycles. The number of likely N-dealkylation sites (N-methyl/N-ethyl adjacent to an activating group) is 1. The normalized spacial score (nSPS) is 21.5. The number of oxime groups is 1. The molecule has 0 saturated heterocycles. The standard InChI is InChI=1S/C18H24N2O3/c1-20(13-8-4-3-5-9-13)18(21)17-12-15(19-23-17)14-10-6-7-11-16(14)22-2/h6-7,10-11,13,17H,3-5,8-9,12H2,1-2H3. The maximum atomic E-state index is 12.7. The second kappa shape index (κ2) is 7.02. The second-order valence-corrected chi connectivity index (χ2v) is 6.28. The first kappa shape index (κ1) is 15.8. The molecule has 1 fully saturated rings. The Kier molecular flexibility index (Phi) is 4.84. The minimum Gasteiger partial charge on any atom is -0.496 e. The monoisotopic (exact) mass is 316 g/mol. The third-order valence-electron chi connectivity index (χ3n) is 4.83. The van der Waals surface area contributed by atoms with Crippen molar-refractivity contribution >= 4 is 11.6 Å². The third-order valence-corrected chi connectivity index (χ3v) is 4.83. The van der Waals surface area contributed by atoms with Crippen molar-refractivity contribution in [3.63, 3.8) is 0 Å². The van der Waals surface area contributed by atoms with E-state index in [1.807, 2.05) is 36.2 Å². The van der Waals surface area contributed by atoms with Gasteiger partial charge in [0.2, 0.25) is 6.10 Å². The van der Waals surface area contributed by atoms with Gasteiger partial charge in [0, 0.05) is 25.1 Å². The van der Waals surface area contributed by atoms with Gasteiger partial charge >= 0.3 is 0 Å². The second-order valence-electron chi connectivity index (χ2n) is 6.28. The summed E-state index contributed by atoms with van der Waals surface area (Å²) in [5.74, 6) is 0.786. The molecule has 1 heterocycles. The van der Waals surface area contributed by atoms with Crippen LogP contribution in [0.25, 0.3) is 0 Å². The minimum atomic E-state index is -0.512. The first-order valence-corrected chi connectivity index (χ1v) is 8.33. The molecule has 0 radical (unpaired) electrons. The van der Waals surface area contributed by atoms with Gasteiger partial charge in [-0.25, -0.2) is 0 Å². The predicted molar refractivity (Wildman–Crippen MR) is 88.7 cm³/mol. The molecular formula is C18H24N2O3. The van der Waals surface area contributed by atoms with Gasteiger partial charge in [-0.15, -0.1) is 0 Å². The summed E-state index contributed by atoms with van der Waals surface area (Å²) in [5, 5.41) is 4.13. The molecule has 0 spiro atoms. The van der Waals surface area contributed by atoms with Gasteiger partial charge in [-0.3, -0.25) is 4.79 Å². The fourth-order valence-electron chi connectivity index (χ4n) is 3.43. The Morgan fingerprint density at radius 3 is 2.74 bits per heavy atom. The maximum Gasteiger partial charge on any atom is 0.266 e. The van der Waals surface area contributed by atoms with E-state index in [0.29, 0.717) is 12.5 Å². The van der Waals surface area contributed by atoms with Crippen molar-refractivity contribution < 1.29 is 14.4 Å². The summed E-state index contributed by atoms with van der Waals surface area (Å²) in [5.41, 5.74) is 1.67. The zero-order chi connectivity index (χ0) is 16.2. The number of carbonyl (C=O) groups excluding carboxylic acids is 1. The van der Waals surface area contributed by atoms with Crippen molar-refractivity contribution in [3.05, 3.63) is 29.8 Å². The highest BCUT2D eigenvalue weighted by atomic mass is 16.6. The topological polar surface area (TPSA) is 51.1 Å². The molecule has 5 nitrogen and oxygen atoms in total. The molecule has 1 aliphatic carbocycles. The van der Waals surface area contributed by atoms with Crippen molar-refractivity contribution in [1.29, 1.82) is 0 Å². The Labute approximate surface area is 137 Å². The fourth-order valence-corrected chi connectivity index (χ4v) is 3.43. The van der Waals surface area contributed by atoms with Crippen LogP contribution in [0.15, 0.2) is 29.4 Å². The van der Waals surface area contributed by atoms with Crippen LogP contribution in [0, 0.1) is 0 Å². The van der Waals surface area contributed by atoms with Gasteiger partial charge in [0.25, 0.3) is 5.91 Å². The average molecular weight is 316 g/mol. The Morgan fingerprint density at radius 2 is 2.00 bits per heavy atom. The highest BCUT2D eigenvalue weighted by Crippen LogP contribution is 2.27. The number of carbonyl (C=O) groups is 1. The number of hydrogen-bond acceptors (Lipinski definition) is 4. The lowest BCUT2D eigenvalue weighted by Gasteiger charge is -2.32. The Hall–Kier alpha value is -2.04. The molecule has 0 N–H and O–H groups in total. The van der Waals surface area contributed by atoms with E-state index in [4.69, 9.17) is 9.57 Å². The van der Waals surface area contributed by atoms with E-state index in [-0.39, 0.29) is 5.91 Å². The SMILES string of the molecule is COc1ccccc1C1=NOC(C(=O)N(C)C2CCCCC2)C1. The van der Waals surface area contributed by atoms with Gasteiger partial charge < -0.3 is 14.5 Å². The summed E-state index contributed by atoms with van der Waals surface area (Å²) in [6.07, 6.45) is 5.86. The summed E-state index contributed by atoms with van der Waals surface area (Å²) in [7, 11) is 3.53. The van der Waals surface area contributed by atoms with Crippen molar-refractivity contribution in [2.75, 3.05) is 14.2 Å². The summed E-state index contributed by atoms with van der Waals surface area (Å²) in [6.45, 7) is 0. The first-order chi connectivity index (χ1) is 11.2. The van der Waals surface area contributed by atoms with Crippen molar-refractivity contribution in [2.45, 2.75) is 50.7 Å². The van der Waals surface area contributed by atoms with Gasteiger partial charge in [0.15, 0.2) is 0 Å².